The van der Waals surface area contributed by atoms with E-state index in [1.807, 2.05) is 6.07 Å². The minimum Gasteiger partial charge on any atom is -0.395 e. The van der Waals surface area contributed by atoms with Crippen LogP contribution in [0.3, 0.4) is 0 Å². The molecule has 0 bridgehead atoms. The van der Waals surface area contributed by atoms with E-state index in [4.69, 9.17) is 9.63 Å². The molecule has 0 aliphatic heterocycles. The van der Waals surface area contributed by atoms with E-state index in [1.165, 1.54) is 0 Å². The molecule has 7 nitrogen and oxygen atoms in total. The summed E-state index contributed by atoms with van der Waals surface area (Å²) in [4.78, 5) is 19.6. The van der Waals surface area contributed by atoms with Crippen LogP contribution < -0.4 is 5.32 Å². The van der Waals surface area contributed by atoms with Gasteiger partial charge in [0, 0.05) is 25.6 Å². The van der Waals surface area contributed by atoms with Crippen molar-refractivity contribution in [3.8, 4) is 11.5 Å². The van der Waals surface area contributed by atoms with Crippen LogP contribution in [0.1, 0.15) is 12.3 Å². The van der Waals surface area contributed by atoms with E-state index >= 15 is 0 Å². The molecule has 2 rings (SSSR count). The highest BCUT2D eigenvalue weighted by Crippen LogP contribution is 2.12. The van der Waals surface area contributed by atoms with Crippen molar-refractivity contribution in [1.82, 2.24) is 20.4 Å². The molecule has 0 spiro atoms. The van der Waals surface area contributed by atoms with E-state index in [-0.39, 0.29) is 25.5 Å². The van der Waals surface area contributed by atoms with Crippen LogP contribution >= 0.6 is 0 Å². The van der Waals surface area contributed by atoms with Gasteiger partial charge in [-0.3, -0.25) is 9.78 Å². The van der Waals surface area contributed by atoms with Gasteiger partial charge in [-0.25, -0.2) is 0 Å². The zero-order valence-electron chi connectivity index (χ0n) is 10.2. The molecule has 2 aromatic heterocycles. The molecule has 100 valence electrons. The number of rotatable bonds is 6. The second kappa shape index (κ2) is 6.60. The Balaban J connectivity index is 1.90. The number of aryl methyl sites for hydroxylation is 1. The molecule has 0 aliphatic rings. The number of aliphatic hydroxyl groups is 1. The summed E-state index contributed by atoms with van der Waals surface area (Å²) in [6, 6.07) is 5.42. The fraction of sp³-hybridized carbons (Fsp3) is 0.333. The van der Waals surface area contributed by atoms with E-state index < -0.39 is 0 Å². The van der Waals surface area contributed by atoms with Crippen molar-refractivity contribution in [2.24, 2.45) is 0 Å². The number of aromatic nitrogens is 3. The first-order valence-corrected chi connectivity index (χ1v) is 5.91. The van der Waals surface area contributed by atoms with Crippen LogP contribution in [0.2, 0.25) is 0 Å². The van der Waals surface area contributed by atoms with Gasteiger partial charge in [-0.1, -0.05) is 11.2 Å². The molecule has 0 unspecified atom stereocenters. The maximum atomic E-state index is 11.3. The minimum absolute atomic E-state index is 0.0733. The Bertz CT molecular complexity index is 527. The van der Waals surface area contributed by atoms with Gasteiger partial charge in [-0.15, -0.1) is 0 Å². The van der Waals surface area contributed by atoms with Crippen molar-refractivity contribution in [2.45, 2.75) is 12.8 Å². The second-order valence-electron chi connectivity index (χ2n) is 3.80. The average Bonchev–Trinajstić information content (AvgIpc) is 2.93. The number of hydrogen-bond donors (Lipinski definition) is 2. The third-order valence-electron chi connectivity index (χ3n) is 2.36. The highest BCUT2D eigenvalue weighted by atomic mass is 16.5. The number of nitrogens with one attached hydrogen (secondary N) is 1. The maximum absolute atomic E-state index is 11.3. The van der Waals surface area contributed by atoms with Gasteiger partial charge in [-0.05, 0) is 12.1 Å². The highest BCUT2D eigenvalue weighted by Gasteiger charge is 2.10. The molecule has 19 heavy (non-hydrogen) atoms. The van der Waals surface area contributed by atoms with E-state index in [9.17, 15) is 4.79 Å². The van der Waals surface area contributed by atoms with Gasteiger partial charge in [0.2, 0.25) is 17.6 Å². The largest absolute Gasteiger partial charge is 0.395 e. The van der Waals surface area contributed by atoms with Crippen LogP contribution in [0.4, 0.5) is 0 Å². The fourth-order valence-corrected chi connectivity index (χ4v) is 1.46. The third kappa shape index (κ3) is 3.85. The topological polar surface area (TPSA) is 101 Å². The lowest BCUT2D eigenvalue weighted by Gasteiger charge is -1.99. The molecule has 1 amide bonds. The van der Waals surface area contributed by atoms with E-state index in [0.29, 0.717) is 23.8 Å². The predicted molar refractivity (Wildman–Crippen MR) is 65.9 cm³/mol. The van der Waals surface area contributed by atoms with Crippen LogP contribution in [0.15, 0.2) is 28.9 Å². The summed E-state index contributed by atoms with van der Waals surface area (Å²) in [5.41, 5.74) is 0.627. The first-order chi connectivity index (χ1) is 9.29. The molecule has 0 radical (unpaired) electrons. The lowest BCUT2D eigenvalue weighted by atomic mass is 10.3. The Morgan fingerprint density at radius 2 is 2.32 bits per heavy atom. The smallest absolute Gasteiger partial charge is 0.227 e. The Kier molecular flexibility index (Phi) is 4.57. The lowest BCUT2D eigenvalue weighted by molar-refractivity contribution is -0.121. The summed E-state index contributed by atoms with van der Waals surface area (Å²) in [5.74, 6) is 0.637. The molecule has 2 heterocycles. The van der Waals surface area contributed by atoms with Gasteiger partial charge >= 0.3 is 0 Å². The summed E-state index contributed by atoms with van der Waals surface area (Å²) in [6.07, 6.45) is 2.24. The van der Waals surface area contributed by atoms with Gasteiger partial charge in [0.05, 0.1) is 6.61 Å². The normalized spacial score (nSPS) is 10.4. The van der Waals surface area contributed by atoms with Crippen molar-refractivity contribution in [2.75, 3.05) is 13.2 Å². The number of pyridine rings is 1. The predicted octanol–water partition coefficient (Wildman–Crippen LogP) is 0.173. The fourth-order valence-electron chi connectivity index (χ4n) is 1.46. The number of carbonyl (C=O) groups excluding carboxylic acids is 1. The molecular formula is C12H14N4O3. The molecule has 0 aromatic carbocycles. The summed E-state index contributed by atoms with van der Waals surface area (Å²) >= 11 is 0. The molecule has 2 aromatic rings. The standard InChI is InChI=1S/C12H14N4O3/c17-8-7-14-10(18)4-5-11-15-12(16-19-11)9-3-1-2-6-13-9/h1-3,6,17H,4-5,7-8H2,(H,14,18). The summed E-state index contributed by atoms with van der Waals surface area (Å²) < 4.78 is 5.04. The average molecular weight is 262 g/mol. The number of hydrogen-bond acceptors (Lipinski definition) is 6. The minimum atomic E-state index is -0.161. The number of nitrogens with zero attached hydrogens (tertiary/aromatic N) is 3. The van der Waals surface area contributed by atoms with Crippen molar-refractivity contribution in [1.29, 1.82) is 0 Å². The second-order valence-corrected chi connectivity index (χ2v) is 3.80. The molecular weight excluding hydrogens is 248 g/mol. The van der Waals surface area contributed by atoms with E-state index in [2.05, 4.69) is 20.4 Å². The first kappa shape index (κ1) is 13.2. The van der Waals surface area contributed by atoms with Crippen molar-refractivity contribution >= 4 is 5.91 Å². The van der Waals surface area contributed by atoms with Crippen LogP contribution in [-0.2, 0) is 11.2 Å². The first-order valence-electron chi connectivity index (χ1n) is 5.91. The SMILES string of the molecule is O=C(CCc1nc(-c2ccccn2)no1)NCCO. The molecule has 0 saturated heterocycles. The Labute approximate surface area is 109 Å². The van der Waals surface area contributed by atoms with Gasteiger partial charge in [0.25, 0.3) is 0 Å². The number of amides is 1. The van der Waals surface area contributed by atoms with Gasteiger partial charge in [-0.2, -0.15) is 4.98 Å². The molecule has 0 fully saturated rings. The Morgan fingerprint density at radius 3 is 3.05 bits per heavy atom. The summed E-state index contributed by atoms with van der Waals surface area (Å²) in [6.45, 7) is 0.179. The zero-order chi connectivity index (χ0) is 13.5. The van der Waals surface area contributed by atoms with Crippen molar-refractivity contribution in [3.05, 3.63) is 30.3 Å². The van der Waals surface area contributed by atoms with Crippen molar-refractivity contribution in [3.63, 3.8) is 0 Å². The zero-order valence-corrected chi connectivity index (χ0v) is 10.2. The van der Waals surface area contributed by atoms with E-state index in [1.54, 1.807) is 18.3 Å². The number of carbonyl (C=O) groups is 1. The summed E-state index contributed by atoms with van der Waals surface area (Å²) in [5, 5.41) is 14.9. The molecule has 0 aliphatic carbocycles. The lowest BCUT2D eigenvalue weighted by Crippen LogP contribution is -2.26. The van der Waals surface area contributed by atoms with Crippen LogP contribution in [-0.4, -0.2) is 39.3 Å². The molecule has 2 N–H and O–H groups in total. The third-order valence-corrected chi connectivity index (χ3v) is 2.36. The van der Waals surface area contributed by atoms with E-state index in [0.717, 1.165) is 0 Å². The quantitative estimate of drug-likeness (QED) is 0.769. The van der Waals surface area contributed by atoms with Gasteiger partial charge < -0.3 is 14.9 Å². The molecule has 0 saturated carbocycles. The van der Waals surface area contributed by atoms with Crippen molar-refractivity contribution < 1.29 is 14.4 Å². The Hall–Kier alpha value is -2.28. The van der Waals surface area contributed by atoms with Gasteiger partial charge in [0.1, 0.15) is 5.69 Å². The Morgan fingerprint density at radius 1 is 1.42 bits per heavy atom. The highest BCUT2D eigenvalue weighted by molar-refractivity contribution is 5.75. The maximum Gasteiger partial charge on any atom is 0.227 e. The summed E-state index contributed by atoms with van der Waals surface area (Å²) in [7, 11) is 0. The van der Waals surface area contributed by atoms with Crippen LogP contribution in [0.5, 0.6) is 0 Å². The monoisotopic (exact) mass is 262 g/mol. The van der Waals surface area contributed by atoms with Gasteiger partial charge in [0.15, 0.2) is 0 Å². The van der Waals surface area contributed by atoms with Crippen LogP contribution in [0, 0.1) is 0 Å². The molecule has 7 heteroatoms. The van der Waals surface area contributed by atoms with Crippen LogP contribution in [0.25, 0.3) is 11.5 Å². The molecule has 0 atom stereocenters. The number of aliphatic hydroxyl groups excluding tert-OH is 1.